The van der Waals surface area contributed by atoms with E-state index in [9.17, 15) is 9.59 Å². The Bertz CT molecular complexity index is 798. The highest BCUT2D eigenvalue weighted by Crippen LogP contribution is 2.31. The maximum atomic E-state index is 12.9. The van der Waals surface area contributed by atoms with Gasteiger partial charge in [0.2, 0.25) is 0 Å². The number of carbonyl (C=O) groups is 2. The number of benzene rings is 2. The lowest BCUT2D eigenvalue weighted by Gasteiger charge is -2.30. The fourth-order valence-corrected chi connectivity index (χ4v) is 3.59. The van der Waals surface area contributed by atoms with Crippen LogP contribution in [0.2, 0.25) is 0 Å². The predicted octanol–water partition coefficient (Wildman–Crippen LogP) is 4.42. The summed E-state index contributed by atoms with van der Waals surface area (Å²) < 4.78 is 10.9. The first-order valence-electron chi connectivity index (χ1n) is 9.75. The molecule has 1 aliphatic heterocycles. The summed E-state index contributed by atoms with van der Waals surface area (Å²) in [5.74, 6) is 1.40. The van der Waals surface area contributed by atoms with Crippen LogP contribution in [0.15, 0.2) is 48.5 Å². The van der Waals surface area contributed by atoms with Gasteiger partial charge >= 0.3 is 0 Å². The molecule has 0 spiro atoms. The summed E-state index contributed by atoms with van der Waals surface area (Å²) in [6, 6.07) is 14.9. The number of Topliss-reactive ketones (excluding diaryl/α,β-unsaturated/α-hetero) is 1. The monoisotopic (exact) mass is 381 g/mol. The minimum absolute atomic E-state index is 0.00786. The number of nitrogens with zero attached hydrogens (tertiary/aromatic N) is 1. The number of likely N-dealkylation sites (tertiary alicyclic amines) is 1. The van der Waals surface area contributed by atoms with E-state index in [1.807, 2.05) is 29.2 Å². The third-order valence-corrected chi connectivity index (χ3v) is 5.20. The second kappa shape index (κ2) is 9.40. The molecular formula is C23H27NO4. The van der Waals surface area contributed by atoms with E-state index in [0.717, 1.165) is 43.5 Å². The molecule has 0 aromatic heterocycles. The van der Waals surface area contributed by atoms with Crippen LogP contribution in [0.3, 0.4) is 0 Å². The molecular weight excluding hydrogens is 354 g/mol. The molecule has 148 valence electrons. The first-order valence-corrected chi connectivity index (χ1v) is 9.75. The van der Waals surface area contributed by atoms with Crippen molar-refractivity contribution in [2.75, 3.05) is 20.3 Å². The molecule has 0 N–H and O–H groups in total. The number of ketones is 1. The Balaban J connectivity index is 1.68. The second-order valence-corrected chi connectivity index (χ2v) is 7.09. The second-order valence-electron chi connectivity index (χ2n) is 7.09. The van der Waals surface area contributed by atoms with Crippen molar-refractivity contribution in [1.29, 1.82) is 0 Å². The Morgan fingerprint density at radius 2 is 1.64 bits per heavy atom. The summed E-state index contributed by atoms with van der Waals surface area (Å²) in [5.41, 5.74) is 1.76. The topological polar surface area (TPSA) is 55.8 Å². The minimum Gasteiger partial charge on any atom is -0.497 e. The number of hydrogen-bond donors (Lipinski definition) is 0. The lowest BCUT2D eigenvalue weighted by atomic mass is 10.0. The Morgan fingerprint density at radius 3 is 2.29 bits per heavy atom. The molecule has 1 aliphatic rings. The van der Waals surface area contributed by atoms with Crippen LogP contribution in [0.1, 0.15) is 54.6 Å². The molecule has 0 aliphatic carbocycles. The van der Waals surface area contributed by atoms with Gasteiger partial charge in [0.15, 0.2) is 12.4 Å². The highest BCUT2D eigenvalue weighted by molar-refractivity contribution is 5.94. The lowest BCUT2D eigenvalue weighted by molar-refractivity contribution is -0.135. The summed E-state index contributed by atoms with van der Waals surface area (Å²) >= 11 is 0. The van der Waals surface area contributed by atoms with Crippen molar-refractivity contribution in [3.8, 4) is 11.5 Å². The standard InChI is InChI=1S/C23H27NO4/c1-17(25)18-7-13-21(14-8-18)28-16-23(26)24-15-5-3-4-6-22(24)19-9-11-20(27-2)12-10-19/h7-14,22H,3-6,15-16H2,1-2H3/t22-/m1/s1. The maximum Gasteiger partial charge on any atom is 0.261 e. The minimum atomic E-state index is -0.0154. The van der Waals surface area contributed by atoms with E-state index >= 15 is 0 Å². The fraction of sp³-hybridized carbons (Fsp3) is 0.391. The number of methoxy groups -OCH3 is 1. The molecule has 1 fully saturated rings. The van der Waals surface area contributed by atoms with Crippen LogP contribution in [0.4, 0.5) is 0 Å². The molecule has 5 heteroatoms. The van der Waals surface area contributed by atoms with Crippen molar-refractivity contribution in [3.63, 3.8) is 0 Å². The highest BCUT2D eigenvalue weighted by atomic mass is 16.5. The Hall–Kier alpha value is -2.82. The van der Waals surface area contributed by atoms with Gasteiger partial charge in [-0.15, -0.1) is 0 Å². The van der Waals surface area contributed by atoms with Crippen LogP contribution in [0.5, 0.6) is 11.5 Å². The average molecular weight is 381 g/mol. The molecule has 1 saturated heterocycles. The van der Waals surface area contributed by atoms with Crippen LogP contribution >= 0.6 is 0 Å². The van der Waals surface area contributed by atoms with Gasteiger partial charge in [0.25, 0.3) is 5.91 Å². The van der Waals surface area contributed by atoms with Gasteiger partial charge in [-0.1, -0.05) is 25.0 Å². The fourth-order valence-electron chi connectivity index (χ4n) is 3.59. The molecule has 0 saturated carbocycles. The number of ether oxygens (including phenoxy) is 2. The van der Waals surface area contributed by atoms with Gasteiger partial charge in [0, 0.05) is 12.1 Å². The van der Waals surface area contributed by atoms with Gasteiger partial charge in [0.1, 0.15) is 11.5 Å². The van der Waals surface area contributed by atoms with Gasteiger partial charge in [-0.2, -0.15) is 0 Å². The molecule has 1 heterocycles. The number of carbonyl (C=O) groups excluding carboxylic acids is 2. The smallest absolute Gasteiger partial charge is 0.261 e. The van der Waals surface area contributed by atoms with E-state index in [4.69, 9.17) is 9.47 Å². The zero-order valence-electron chi connectivity index (χ0n) is 16.5. The van der Waals surface area contributed by atoms with Crippen LogP contribution in [-0.2, 0) is 4.79 Å². The summed E-state index contributed by atoms with van der Waals surface area (Å²) in [7, 11) is 1.65. The third-order valence-electron chi connectivity index (χ3n) is 5.20. The van der Waals surface area contributed by atoms with Crippen LogP contribution in [0.25, 0.3) is 0 Å². The Kier molecular flexibility index (Phi) is 6.69. The third kappa shape index (κ3) is 4.91. The maximum absolute atomic E-state index is 12.9. The van der Waals surface area contributed by atoms with Crippen molar-refractivity contribution < 1.29 is 19.1 Å². The molecule has 2 aromatic rings. The van der Waals surface area contributed by atoms with Crippen molar-refractivity contribution >= 4 is 11.7 Å². The zero-order chi connectivity index (χ0) is 19.9. The first kappa shape index (κ1) is 19.9. The quantitative estimate of drug-likeness (QED) is 0.695. The first-order chi connectivity index (χ1) is 13.6. The van der Waals surface area contributed by atoms with Gasteiger partial charge < -0.3 is 14.4 Å². The Morgan fingerprint density at radius 1 is 0.964 bits per heavy atom. The SMILES string of the molecule is COc1ccc([C@H]2CCCCCN2C(=O)COc2ccc(C(C)=O)cc2)cc1. The van der Waals surface area contributed by atoms with Crippen molar-refractivity contribution in [2.45, 2.75) is 38.6 Å². The molecule has 5 nitrogen and oxygen atoms in total. The van der Waals surface area contributed by atoms with Gasteiger partial charge in [-0.05, 0) is 61.7 Å². The normalized spacial score (nSPS) is 16.9. The van der Waals surface area contributed by atoms with E-state index < -0.39 is 0 Å². The van der Waals surface area contributed by atoms with Gasteiger partial charge in [0.05, 0.1) is 13.2 Å². The van der Waals surface area contributed by atoms with Crippen molar-refractivity contribution in [1.82, 2.24) is 4.90 Å². The largest absolute Gasteiger partial charge is 0.497 e. The number of amides is 1. The van der Waals surface area contributed by atoms with E-state index in [1.54, 1.807) is 31.4 Å². The lowest BCUT2D eigenvalue weighted by Crippen LogP contribution is -2.38. The van der Waals surface area contributed by atoms with E-state index in [2.05, 4.69) is 0 Å². The van der Waals surface area contributed by atoms with Crippen molar-refractivity contribution in [3.05, 3.63) is 59.7 Å². The van der Waals surface area contributed by atoms with E-state index in [0.29, 0.717) is 11.3 Å². The van der Waals surface area contributed by atoms with E-state index in [-0.39, 0.29) is 24.3 Å². The van der Waals surface area contributed by atoms with Crippen LogP contribution < -0.4 is 9.47 Å². The molecule has 0 unspecified atom stereocenters. The zero-order valence-corrected chi connectivity index (χ0v) is 16.5. The molecule has 0 bridgehead atoms. The summed E-state index contributed by atoms with van der Waals surface area (Å²) in [4.78, 5) is 26.2. The molecule has 1 amide bonds. The number of hydrogen-bond acceptors (Lipinski definition) is 4. The van der Waals surface area contributed by atoms with Crippen LogP contribution in [-0.4, -0.2) is 36.9 Å². The van der Waals surface area contributed by atoms with Crippen LogP contribution in [0, 0.1) is 0 Å². The van der Waals surface area contributed by atoms with Gasteiger partial charge in [-0.3, -0.25) is 9.59 Å². The molecule has 2 aromatic carbocycles. The molecule has 0 radical (unpaired) electrons. The highest BCUT2D eigenvalue weighted by Gasteiger charge is 2.27. The van der Waals surface area contributed by atoms with Crippen molar-refractivity contribution in [2.24, 2.45) is 0 Å². The Labute approximate surface area is 166 Å². The molecule has 28 heavy (non-hydrogen) atoms. The predicted molar refractivity (Wildman–Crippen MR) is 108 cm³/mol. The van der Waals surface area contributed by atoms with Gasteiger partial charge in [-0.25, -0.2) is 0 Å². The summed E-state index contributed by atoms with van der Waals surface area (Å²) in [6.45, 7) is 2.26. The summed E-state index contributed by atoms with van der Waals surface area (Å²) in [5, 5.41) is 0. The molecule has 3 rings (SSSR count). The molecule has 1 atom stereocenters. The van der Waals surface area contributed by atoms with E-state index in [1.165, 1.54) is 6.92 Å². The average Bonchev–Trinajstić information content (AvgIpc) is 2.98. The number of rotatable bonds is 6. The summed E-state index contributed by atoms with van der Waals surface area (Å²) in [6.07, 6.45) is 4.19.